The van der Waals surface area contributed by atoms with Crippen LogP contribution in [0.25, 0.3) is 0 Å². The number of hydrogen-bond donors (Lipinski definition) is 1. The molecule has 1 fully saturated rings. The molecule has 1 atom stereocenters. The predicted octanol–water partition coefficient (Wildman–Crippen LogP) is 1.39. The Morgan fingerprint density at radius 3 is 2.25 bits per heavy atom. The second kappa shape index (κ2) is 1.73. The van der Waals surface area contributed by atoms with Gasteiger partial charge in [-0.15, -0.1) is 0 Å². The van der Waals surface area contributed by atoms with E-state index in [4.69, 9.17) is 0 Å². The van der Waals surface area contributed by atoms with Gasteiger partial charge in [-0.25, -0.2) is 0 Å². The first-order valence-electron chi connectivity index (χ1n) is 3.38. The van der Waals surface area contributed by atoms with Crippen LogP contribution in [-0.4, -0.2) is 12.1 Å². The topological polar surface area (TPSA) is 12.0 Å². The summed E-state index contributed by atoms with van der Waals surface area (Å²) in [4.78, 5) is 0. The Morgan fingerprint density at radius 1 is 1.50 bits per heavy atom. The molecule has 0 aromatic rings. The monoisotopic (exact) mass is 113 g/mol. The van der Waals surface area contributed by atoms with E-state index in [9.17, 15) is 0 Å². The van der Waals surface area contributed by atoms with Crippen LogP contribution in [0.5, 0.6) is 0 Å². The zero-order chi connectivity index (χ0) is 6.20. The van der Waals surface area contributed by atoms with Crippen molar-refractivity contribution in [2.24, 2.45) is 5.92 Å². The Balaban J connectivity index is 2.54. The largest absolute Gasteiger partial charge is 0.312 e. The molecule has 0 amide bonds. The molecule has 1 heterocycles. The van der Waals surface area contributed by atoms with E-state index in [-0.39, 0.29) is 0 Å². The molecular formula is C7H15N. The molecule has 0 aromatic carbocycles. The van der Waals surface area contributed by atoms with Crippen LogP contribution in [0.3, 0.4) is 0 Å². The highest BCUT2D eigenvalue weighted by atomic mass is 15.0. The van der Waals surface area contributed by atoms with Crippen molar-refractivity contribution in [3.63, 3.8) is 0 Å². The van der Waals surface area contributed by atoms with E-state index >= 15 is 0 Å². The molecule has 0 aromatic heterocycles. The van der Waals surface area contributed by atoms with Crippen LogP contribution in [0.1, 0.15) is 27.2 Å². The van der Waals surface area contributed by atoms with Gasteiger partial charge in [0.2, 0.25) is 0 Å². The molecule has 0 spiro atoms. The molecule has 1 N–H and O–H groups in total. The van der Waals surface area contributed by atoms with E-state index in [0.717, 1.165) is 5.92 Å². The van der Waals surface area contributed by atoms with Crippen LogP contribution < -0.4 is 5.32 Å². The lowest BCUT2D eigenvalue weighted by Gasteiger charge is -2.23. The van der Waals surface area contributed by atoms with Gasteiger partial charge in [-0.2, -0.15) is 0 Å². The number of hydrogen-bond acceptors (Lipinski definition) is 1. The average Bonchev–Trinajstić information content (AvgIpc) is 1.86. The fourth-order valence-electron chi connectivity index (χ4n) is 1.15. The molecule has 48 valence electrons. The summed E-state index contributed by atoms with van der Waals surface area (Å²) in [6, 6.07) is 0. The Morgan fingerprint density at radius 2 is 2.12 bits per heavy atom. The fourth-order valence-corrected chi connectivity index (χ4v) is 1.15. The standard InChI is InChI=1S/C7H15N/c1-6-4-5-8-7(6,2)3/h6,8H,4-5H2,1-3H3/t6-/m0/s1. The van der Waals surface area contributed by atoms with Gasteiger partial charge in [-0.3, -0.25) is 0 Å². The summed E-state index contributed by atoms with van der Waals surface area (Å²) in [5.74, 6) is 0.850. The molecule has 1 nitrogen and oxygen atoms in total. The maximum absolute atomic E-state index is 3.45. The van der Waals surface area contributed by atoms with Crippen molar-refractivity contribution in [2.45, 2.75) is 32.7 Å². The van der Waals surface area contributed by atoms with Gasteiger partial charge in [0.05, 0.1) is 0 Å². The Labute approximate surface area is 51.5 Å². The van der Waals surface area contributed by atoms with Crippen molar-refractivity contribution in [3.8, 4) is 0 Å². The van der Waals surface area contributed by atoms with Gasteiger partial charge in [0.25, 0.3) is 0 Å². The average molecular weight is 113 g/mol. The minimum atomic E-state index is 0.403. The molecule has 0 radical (unpaired) electrons. The summed E-state index contributed by atoms with van der Waals surface area (Å²) in [6.07, 6.45) is 1.34. The van der Waals surface area contributed by atoms with Crippen LogP contribution in [0.4, 0.5) is 0 Å². The molecule has 0 unspecified atom stereocenters. The lowest BCUT2D eigenvalue weighted by atomic mass is 9.91. The smallest absolute Gasteiger partial charge is 0.0151 e. The van der Waals surface area contributed by atoms with Crippen LogP contribution >= 0.6 is 0 Å². The highest BCUT2D eigenvalue weighted by Crippen LogP contribution is 2.24. The molecule has 8 heavy (non-hydrogen) atoms. The fraction of sp³-hybridized carbons (Fsp3) is 1.00. The van der Waals surface area contributed by atoms with Crippen molar-refractivity contribution in [2.75, 3.05) is 6.54 Å². The van der Waals surface area contributed by atoms with Gasteiger partial charge in [0.1, 0.15) is 0 Å². The zero-order valence-corrected chi connectivity index (χ0v) is 5.99. The molecule has 0 aliphatic carbocycles. The highest BCUT2D eigenvalue weighted by Gasteiger charge is 2.29. The van der Waals surface area contributed by atoms with Gasteiger partial charge >= 0.3 is 0 Å². The Kier molecular flexibility index (Phi) is 1.31. The van der Waals surface area contributed by atoms with Crippen molar-refractivity contribution in [1.82, 2.24) is 5.32 Å². The quantitative estimate of drug-likeness (QED) is 0.500. The third-order valence-electron chi connectivity index (χ3n) is 2.39. The third-order valence-corrected chi connectivity index (χ3v) is 2.39. The summed E-state index contributed by atoms with van der Waals surface area (Å²) in [5.41, 5.74) is 0.403. The second-order valence-electron chi connectivity index (χ2n) is 3.34. The summed E-state index contributed by atoms with van der Waals surface area (Å²) < 4.78 is 0. The van der Waals surface area contributed by atoms with Crippen molar-refractivity contribution < 1.29 is 0 Å². The predicted molar refractivity (Wildman–Crippen MR) is 35.9 cm³/mol. The van der Waals surface area contributed by atoms with Crippen molar-refractivity contribution >= 4 is 0 Å². The molecule has 1 aliphatic heterocycles. The summed E-state index contributed by atoms with van der Waals surface area (Å²) in [5, 5.41) is 3.45. The van der Waals surface area contributed by atoms with Gasteiger partial charge in [0, 0.05) is 5.54 Å². The third kappa shape index (κ3) is 0.873. The molecule has 1 heteroatoms. The van der Waals surface area contributed by atoms with E-state index in [1.165, 1.54) is 13.0 Å². The van der Waals surface area contributed by atoms with Crippen LogP contribution in [-0.2, 0) is 0 Å². The van der Waals surface area contributed by atoms with Gasteiger partial charge in [-0.1, -0.05) is 6.92 Å². The maximum atomic E-state index is 3.45. The maximum Gasteiger partial charge on any atom is 0.0151 e. The Bertz CT molecular complexity index is 86.4. The first-order valence-corrected chi connectivity index (χ1v) is 3.38. The van der Waals surface area contributed by atoms with E-state index in [0.29, 0.717) is 5.54 Å². The molecule has 0 saturated carbocycles. The number of nitrogens with one attached hydrogen (secondary N) is 1. The zero-order valence-electron chi connectivity index (χ0n) is 5.99. The van der Waals surface area contributed by atoms with Gasteiger partial charge < -0.3 is 5.32 Å². The van der Waals surface area contributed by atoms with E-state index in [2.05, 4.69) is 26.1 Å². The van der Waals surface area contributed by atoms with E-state index < -0.39 is 0 Å². The first kappa shape index (κ1) is 6.09. The van der Waals surface area contributed by atoms with E-state index in [1.807, 2.05) is 0 Å². The molecule has 1 saturated heterocycles. The number of rotatable bonds is 0. The molecular weight excluding hydrogens is 98.1 g/mol. The van der Waals surface area contributed by atoms with Crippen LogP contribution in [0.15, 0.2) is 0 Å². The lowest BCUT2D eigenvalue weighted by molar-refractivity contribution is 0.358. The summed E-state index contributed by atoms with van der Waals surface area (Å²) in [7, 11) is 0. The highest BCUT2D eigenvalue weighted by molar-refractivity contribution is 4.89. The molecule has 0 bridgehead atoms. The van der Waals surface area contributed by atoms with Crippen molar-refractivity contribution in [1.29, 1.82) is 0 Å². The van der Waals surface area contributed by atoms with Gasteiger partial charge in [-0.05, 0) is 32.7 Å². The summed E-state index contributed by atoms with van der Waals surface area (Å²) >= 11 is 0. The molecule has 1 rings (SSSR count). The van der Waals surface area contributed by atoms with E-state index in [1.54, 1.807) is 0 Å². The lowest BCUT2D eigenvalue weighted by Crippen LogP contribution is -2.36. The minimum Gasteiger partial charge on any atom is -0.312 e. The minimum absolute atomic E-state index is 0.403. The van der Waals surface area contributed by atoms with Crippen LogP contribution in [0.2, 0.25) is 0 Å². The first-order chi connectivity index (χ1) is 3.63. The normalized spacial score (nSPS) is 35.6. The Hall–Kier alpha value is -0.0400. The van der Waals surface area contributed by atoms with Gasteiger partial charge in [0.15, 0.2) is 0 Å². The summed E-state index contributed by atoms with van der Waals surface area (Å²) in [6.45, 7) is 8.05. The van der Waals surface area contributed by atoms with Crippen molar-refractivity contribution in [3.05, 3.63) is 0 Å². The molecule has 1 aliphatic rings. The second-order valence-corrected chi connectivity index (χ2v) is 3.34. The SMILES string of the molecule is C[C@H]1CCNC1(C)C. The van der Waals surface area contributed by atoms with Crippen LogP contribution in [0, 0.1) is 5.92 Å².